The van der Waals surface area contributed by atoms with Crippen LogP contribution in [0.5, 0.6) is 0 Å². The second-order valence-electron chi connectivity index (χ2n) is 25.8. The van der Waals surface area contributed by atoms with Gasteiger partial charge in [-0.25, -0.2) is 0 Å². The Morgan fingerprint density at radius 1 is 0.623 bits per heavy atom. The molecule has 9 aliphatic rings. The third-order valence-corrected chi connectivity index (χ3v) is 20.8. The number of carbonyl (C=O) groups is 1. The van der Waals surface area contributed by atoms with Gasteiger partial charge in [-0.1, -0.05) is 60.6 Å². The van der Waals surface area contributed by atoms with Crippen molar-refractivity contribution < 1.29 is 114 Å². The minimum Gasteiger partial charge on any atom is -0.432 e. The molecule has 0 aromatic heterocycles. The number of allylic oxidation sites excluding steroid dienone is 2. The molecule has 0 spiro atoms. The van der Waals surface area contributed by atoms with Gasteiger partial charge in [0.05, 0.1) is 50.7 Å². The van der Waals surface area contributed by atoms with Gasteiger partial charge in [0.1, 0.15) is 79.4 Å². The Kier molecular flexibility index (Phi) is 18.0. The van der Waals surface area contributed by atoms with Crippen molar-refractivity contribution in [2.45, 2.75) is 236 Å². The quantitative estimate of drug-likeness (QED) is 0.0608. The van der Waals surface area contributed by atoms with Crippen molar-refractivity contribution in [3.63, 3.8) is 0 Å². The van der Waals surface area contributed by atoms with Crippen LogP contribution in [0.1, 0.15) is 107 Å². The van der Waals surface area contributed by atoms with Gasteiger partial charge in [0.25, 0.3) is 0 Å². The standard InChI is InChI=1S/C53H86O23.CH4/c1-21-41(73-45-38(65)32(59)27(58)19-69-45)37(64)40(67)46(70-21)74-42-36(63)34(61)29(18-55)72-48(42)76-44(68)24-15-49(2,3)14-23-22(24)10-12-52(6)25(23)8-9-31-50(4)16-26(57)43(51(5,20-56)30(50)11-13-53(31,52)7)75-47-39(66)35(62)33(60)28(17-54)71-47;/h8,21-24,26-43,45-48,54-67H,9-20H2,1-7H3;1H4/t21-,22?,23+,24+,26-,27+,28+,29+,30+,31+,32-,33+,34+,35-,36-,37-,38+,39+,40+,41-,42+,43-,45?,46-,47-,48-,50-,51-,52+,53+;/m0./s1. The van der Waals surface area contributed by atoms with Gasteiger partial charge >= 0.3 is 5.97 Å². The maximum atomic E-state index is 14.9. The van der Waals surface area contributed by atoms with Crippen LogP contribution < -0.4 is 0 Å². The molecule has 4 saturated carbocycles. The SMILES string of the molecule is C.C[C@@H]1O[C@@H](O[C@H]2[C@H](OC(=O)[C@@H]3CC(C)(C)C[C@H]4C5=CC[C@@H]6[C@@]7(C)C[C@H](O)[C@H](O[C@@H]8O[C@H](CO)[C@@H](O)[C@H](O)[C@H]8O)[C@@](C)(CO)[C@@H]7CC[C@@]6(C)[C@]5(C)CCC34)O[C@H](CO)[C@@H](O)[C@@H]2O)[C@H](O)[C@H](O)[C@H]1OC1OC[C@@H](O)[C@H](O)[C@H]1O. The molecule has 0 aromatic carbocycles. The Hall–Kier alpha value is -1.63. The Balaban J connectivity index is 0.00000784. The number of aliphatic hydroxyl groups is 14. The molecule has 14 N–H and O–H groups in total. The van der Waals surface area contributed by atoms with Crippen LogP contribution in [0.25, 0.3) is 0 Å². The van der Waals surface area contributed by atoms with Gasteiger partial charge < -0.3 is 109 Å². The van der Waals surface area contributed by atoms with Crippen molar-refractivity contribution in [1.29, 1.82) is 0 Å². The van der Waals surface area contributed by atoms with E-state index in [2.05, 4.69) is 40.7 Å². The fourth-order valence-electron chi connectivity index (χ4n) is 16.6. The first-order chi connectivity index (χ1) is 35.6. The third-order valence-electron chi connectivity index (χ3n) is 20.8. The zero-order valence-electron chi connectivity index (χ0n) is 44.5. The van der Waals surface area contributed by atoms with Crippen molar-refractivity contribution in [3.05, 3.63) is 11.6 Å². The number of aliphatic hydroxyl groups excluding tert-OH is 14. The highest BCUT2D eigenvalue weighted by Crippen LogP contribution is 2.75. The Labute approximate surface area is 450 Å². The van der Waals surface area contributed by atoms with Crippen LogP contribution in [0.4, 0.5) is 0 Å². The lowest BCUT2D eigenvalue weighted by molar-refractivity contribution is -0.374. The zero-order valence-corrected chi connectivity index (χ0v) is 44.5. The number of rotatable bonds is 11. The minimum atomic E-state index is -1.90. The summed E-state index contributed by atoms with van der Waals surface area (Å²) in [4.78, 5) is 14.9. The van der Waals surface area contributed by atoms with Crippen LogP contribution >= 0.6 is 0 Å². The normalized spacial score (nSPS) is 54.5. The summed E-state index contributed by atoms with van der Waals surface area (Å²) in [5.74, 6) is -1.68. The topological polar surface area (TPSA) is 374 Å². The van der Waals surface area contributed by atoms with Crippen molar-refractivity contribution in [3.8, 4) is 0 Å². The number of hydrogen-bond donors (Lipinski definition) is 14. The van der Waals surface area contributed by atoms with Crippen LogP contribution in [0.3, 0.4) is 0 Å². The van der Waals surface area contributed by atoms with E-state index >= 15 is 0 Å². The molecule has 77 heavy (non-hydrogen) atoms. The average molecular weight is 1110 g/mol. The maximum absolute atomic E-state index is 14.9. The predicted octanol–water partition coefficient (Wildman–Crippen LogP) is -1.93. The van der Waals surface area contributed by atoms with Gasteiger partial charge in [0, 0.05) is 5.41 Å². The smallest absolute Gasteiger partial charge is 0.311 e. The molecule has 23 nitrogen and oxygen atoms in total. The van der Waals surface area contributed by atoms with Gasteiger partial charge in [-0.3, -0.25) is 4.79 Å². The van der Waals surface area contributed by atoms with Crippen LogP contribution in [-0.2, 0) is 42.7 Å². The highest BCUT2D eigenvalue weighted by molar-refractivity contribution is 5.73. The fraction of sp³-hybridized carbons (Fsp3) is 0.944. The first-order valence-corrected chi connectivity index (χ1v) is 27.4. The molecular weight excluding hydrogens is 1020 g/mol. The Bertz CT molecular complexity index is 2080. The van der Waals surface area contributed by atoms with Gasteiger partial charge in [-0.05, 0) is 104 Å². The number of carbonyl (C=O) groups excluding carboxylic acids is 1. The highest BCUT2D eigenvalue weighted by Gasteiger charge is 2.70. The average Bonchev–Trinajstić information content (AvgIpc) is 3.57. The van der Waals surface area contributed by atoms with E-state index in [9.17, 15) is 76.3 Å². The van der Waals surface area contributed by atoms with Crippen LogP contribution in [0.15, 0.2) is 11.6 Å². The summed E-state index contributed by atoms with van der Waals surface area (Å²) in [6, 6.07) is 0. The van der Waals surface area contributed by atoms with Crippen molar-refractivity contribution >= 4 is 5.97 Å². The van der Waals surface area contributed by atoms with Gasteiger partial charge in [-0.15, -0.1) is 0 Å². The number of esters is 1. The molecule has 8 fully saturated rings. The molecule has 0 bridgehead atoms. The first-order valence-electron chi connectivity index (χ1n) is 27.4. The number of ether oxygens (including phenoxy) is 8. The second-order valence-corrected chi connectivity index (χ2v) is 25.8. The summed E-state index contributed by atoms with van der Waals surface area (Å²) < 4.78 is 47.2. The second kappa shape index (κ2) is 22.5. The summed E-state index contributed by atoms with van der Waals surface area (Å²) in [5.41, 5.74) is -1.31. The largest absolute Gasteiger partial charge is 0.432 e. The monoisotopic (exact) mass is 1110 g/mol. The lowest BCUT2D eigenvalue weighted by Gasteiger charge is -2.71. The summed E-state index contributed by atoms with van der Waals surface area (Å²) in [5, 5.41) is 151. The van der Waals surface area contributed by atoms with Crippen molar-refractivity contribution in [1.82, 2.24) is 0 Å². The molecule has 4 aliphatic heterocycles. The van der Waals surface area contributed by atoms with Crippen LogP contribution in [0.2, 0.25) is 0 Å². The number of fused-ring (bicyclic) bond motifs is 7. The molecule has 5 aliphatic carbocycles. The molecule has 0 amide bonds. The Morgan fingerprint density at radius 2 is 1.21 bits per heavy atom. The van der Waals surface area contributed by atoms with E-state index in [-0.39, 0.29) is 60.6 Å². The molecule has 4 saturated heterocycles. The molecule has 30 atom stereocenters. The molecule has 444 valence electrons. The summed E-state index contributed by atoms with van der Waals surface area (Å²) in [7, 11) is 0. The fourth-order valence-corrected chi connectivity index (χ4v) is 16.6. The first kappa shape index (κ1) is 61.4. The summed E-state index contributed by atoms with van der Waals surface area (Å²) >= 11 is 0. The highest BCUT2D eigenvalue weighted by atomic mass is 16.8. The molecular formula is C54H90O23. The maximum Gasteiger partial charge on any atom is 0.311 e. The molecule has 0 radical (unpaired) electrons. The van der Waals surface area contributed by atoms with Crippen LogP contribution in [-0.4, -0.2) is 233 Å². The molecule has 2 unspecified atom stereocenters. The van der Waals surface area contributed by atoms with Crippen molar-refractivity contribution in [2.75, 3.05) is 26.4 Å². The predicted molar refractivity (Wildman–Crippen MR) is 265 cm³/mol. The van der Waals surface area contributed by atoms with Crippen LogP contribution in [0, 0.1) is 56.7 Å². The van der Waals surface area contributed by atoms with Gasteiger partial charge in [0.15, 0.2) is 25.0 Å². The van der Waals surface area contributed by atoms with E-state index in [1.54, 1.807) is 0 Å². The molecule has 23 heteroatoms. The number of hydrogen-bond acceptors (Lipinski definition) is 23. The lowest BCUT2D eigenvalue weighted by atomic mass is 9.34. The van der Waals surface area contributed by atoms with Gasteiger partial charge in [-0.2, -0.15) is 0 Å². The van der Waals surface area contributed by atoms with Crippen molar-refractivity contribution in [2.24, 2.45) is 56.7 Å². The van der Waals surface area contributed by atoms with E-state index < -0.39 is 165 Å². The summed E-state index contributed by atoms with van der Waals surface area (Å²) in [6.07, 6.45) is -25.0. The lowest BCUT2D eigenvalue weighted by Crippen LogP contribution is -2.69. The minimum absolute atomic E-state index is 0. The molecule has 0 aromatic rings. The third kappa shape index (κ3) is 10.2. The van der Waals surface area contributed by atoms with Gasteiger partial charge in [0.2, 0.25) is 6.29 Å². The summed E-state index contributed by atoms with van der Waals surface area (Å²) in [6.45, 7) is 12.3. The molecule has 4 heterocycles. The zero-order chi connectivity index (χ0) is 55.5. The van der Waals surface area contributed by atoms with E-state index in [1.807, 2.05) is 6.92 Å². The Morgan fingerprint density at radius 3 is 1.86 bits per heavy atom. The van der Waals surface area contributed by atoms with E-state index in [4.69, 9.17) is 37.9 Å². The van der Waals surface area contributed by atoms with E-state index in [0.717, 1.165) is 19.3 Å². The molecule has 9 rings (SSSR count). The van der Waals surface area contributed by atoms with E-state index in [0.29, 0.717) is 32.1 Å². The van der Waals surface area contributed by atoms with E-state index in [1.165, 1.54) is 12.5 Å².